The number of amides is 1. The largest absolute Gasteiger partial charge is 0.490 e. The summed E-state index contributed by atoms with van der Waals surface area (Å²) in [5, 5.41) is 29.7. The number of anilines is 1. The molecule has 0 radical (unpaired) electrons. The van der Waals surface area contributed by atoms with Crippen molar-refractivity contribution in [3.05, 3.63) is 42.4 Å². The van der Waals surface area contributed by atoms with Crippen molar-refractivity contribution in [3.63, 3.8) is 0 Å². The van der Waals surface area contributed by atoms with E-state index in [1.807, 2.05) is 23.3 Å². The molecule has 18 heteroatoms. The molecule has 3 N–H and O–H groups in total. The molecule has 4 heterocycles. The zero-order valence-corrected chi connectivity index (χ0v) is 20.7. The Kier molecular flexibility index (Phi) is 8.36. The number of nitrogens with one attached hydrogen (secondary N) is 2. The van der Waals surface area contributed by atoms with Crippen LogP contribution in [0.25, 0.3) is 11.1 Å². The first kappa shape index (κ1) is 29.9. The molecule has 0 aromatic carbocycles. The lowest BCUT2D eigenvalue weighted by atomic mass is 9.87. The normalized spacial score (nSPS) is 15.2. The number of aliphatic carboxylic acids is 1. The molecule has 0 aliphatic carbocycles. The molecule has 1 amide bonds. The fourth-order valence-corrected chi connectivity index (χ4v) is 3.64. The number of carbonyl (C=O) groups is 2. The number of rotatable bonds is 6. The van der Waals surface area contributed by atoms with Gasteiger partial charge in [-0.25, -0.2) is 14.8 Å². The number of aryl methyl sites for hydroxylation is 1. The number of carbonyl (C=O) groups excluding carboxylic acids is 1. The number of hydrogen-bond donors (Lipinski definition) is 3. The van der Waals surface area contributed by atoms with Crippen LogP contribution in [-0.4, -0.2) is 78.4 Å². The quantitative estimate of drug-likeness (QED) is 0.376. The second kappa shape index (κ2) is 11.2. The molecule has 40 heavy (non-hydrogen) atoms. The molecule has 3 aromatic rings. The zero-order chi connectivity index (χ0) is 29.9. The molecule has 214 valence electrons. The summed E-state index contributed by atoms with van der Waals surface area (Å²) in [6.07, 6.45) is -1.59. The van der Waals surface area contributed by atoms with Gasteiger partial charge in [-0.1, -0.05) is 0 Å². The maximum Gasteiger partial charge on any atom is 0.490 e. The minimum absolute atomic E-state index is 0.217. The van der Waals surface area contributed by atoms with Gasteiger partial charge in [-0.15, -0.1) is 0 Å². The average Bonchev–Trinajstić information content (AvgIpc) is 3.49. The van der Waals surface area contributed by atoms with Gasteiger partial charge in [0.25, 0.3) is 5.91 Å². The van der Waals surface area contributed by atoms with Gasteiger partial charge in [0, 0.05) is 36.6 Å². The molecule has 1 fully saturated rings. The molecule has 1 aliphatic heterocycles. The first-order valence-electron chi connectivity index (χ1n) is 11.2. The lowest BCUT2D eigenvalue weighted by Gasteiger charge is -2.49. The second-order valence-electron chi connectivity index (χ2n) is 8.77. The van der Waals surface area contributed by atoms with Crippen molar-refractivity contribution in [1.82, 2.24) is 35.3 Å². The minimum Gasteiger partial charge on any atom is -0.475 e. The second-order valence-corrected chi connectivity index (χ2v) is 8.77. The van der Waals surface area contributed by atoms with Gasteiger partial charge in [-0.3, -0.25) is 14.6 Å². The van der Waals surface area contributed by atoms with Crippen LogP contribution < -0.4 is 10.2 Å². The highest BCUT2D eigenvalue weighted by Crippen LogP contribution is 2.36. The fourth-order valence-electron chi connectivity index (χ4n) is 3.64. The Labute approximate surface area is 221 Å². The SMILES string of the molecule is Cc1n[nH]cc1-c1cnn(C2(CC#N)CN(c3cnc(C(=O)N[C@@H](C)C(F)(F)F)cn3)C2)c1.O=C(O)C(F)(F)F. The molecule has 0 unspecified atom stereocenters. The van der Waals surface area contributed by atoms with Gasteiger partial charge in [0.15, 0.2) is 0 Å². The summed E-state index contributed by atoms with van der Waals surface area (Å²) >= 11 is 0. The number of H-pyrrole nitrogens is 1. The predicted octanol–water partition coefficient (Wildman–Crippen LogP) is 2.81. The number of aromatic nitrogens is 6. The van der Waals surface area contributed by atoms with Gasteiger partial charge < -0.3 is 15.3 Å². The summed E-state index contributed by atoms with van der Waals surface area (Å²) in [5.74, 6) is -3.27. The lowest BCUT2D eigenvalue weighted by molar-refractivity contribution is -0.192. The maximum absolute atomic E-state index is 12.6. The Morgan fingerprint density at radius 2 is 1.85 bits per heavy atom. The van der Waals surface area contributed by atoms with Crippen LogP contribution in [0.3, 0.4) is 0 Å². The standard InChI is InChI=1S/C20H20F3N9O.C2HF3O2/c1-12-15(6-27-30-12)14-5-28-32(9-14)19(3-4-24)10-31(11-19)17-8-25-16(7-26-17)18(33)29-13(2)20(21,22)23;3-2(4,5)1(6)7/h5-9,13H,3,10-11H2,1-2H3,(H,27,30)(H,29,33);(H,6,7)/t13-;/m0./s1. The van der Waals surface area contributed by atoms with E-state index in [-0.39, 0.29) is 12.1 Å². The first-order valence-corrected chi connectivity index (χ1v) is 11.2. The van der Waals surface area contributed by atoms with Crippen LogP contribution in [0.4, 0.5) is 32.2 Å². The average molecular weight is 573 g/mol. The molecule has 1 saturated heterocycles. The number of nitrogens with zero attached hydrogens (tertiary/aromatic N) is 7. The van der Waals surface area contributed by atoms with E-state index < -0.39 is 35.8 Å². The Balaban J connectivity index is 0.000000559. The van der Waals surface area contributed by atoms with Crippen molar-refractivity contribution < 1.29 is 41.0 Å². The van der Waals surface area contributed by atoms with E-state index in [0.29, 0.717) is 18.9 Å². The smallest absolute Gasteiger partial charge is 0.475 e. The predicted molar refractivity (Wildman–Crippen MR) is 124 cm³/mol. The molecule has 1 atom stereocenters. The summed E-state index contributed by atoms with van der Waals surface area (Å²) < 4.78 is 71.4. The van der Waals surface area contributed by atoms with Gasteiger partial charge in [0.05, 0.1) is 36.8 Å². The van der Waals surface area contributed by atoms with E-state index in [2.05, 4.69) is 31.3 Å². The minimum atomic E-state index is -5.08. The van der Waals surface area contributed by atoms with Crippen molar-refractivity contribution in [2.45, 2.75) is 44.2 Å². The highest BCUT2D eigenvalue weighted by molar-refractivity contribution is 5.92. The van der Waals surface area contributed by atoms with Crippen LogP contribution in [0.5, 0.6) is 0 Å². The molecule has 4 rings (SSSR count). The first-order chi connectivity index (χ1) is 18.6. The zero-order valence-electron chi connectivity index (χ0n) is 20.7. The van der Waals surface area contributed by atoms with Gasteiger partial charge >= 0.3 is 18.3 Å². The summed E-state index contributed by atoms with van der Waals surface area (Å²) in [5.41, 5.74) is 1.85. The summed E-state index contributed by atoms with van der Waals surface area (Å²) in [6.45, 7) is 3.59. The number of nitriles is 1. The molecule has 1 aliphatic rings. The Morgan fingerprint density at radius 1 is 1.20 bits per heavy atom. The molecule has 0 spiro atoms. The van der Waals surface area contributed by atoms with Crippen molar-refractivity contribution in [2.24, 2.45) is 0 Å². The van der Waals surface area contributed by atoms with Crippen LogP contribution in [0.1, 0.15) is 29.5 Å². The highest BCUT2D eigenvalue weighted by atomic mass is 19.4. The number of carboxylic acid groups (broad SMARTS) is 1. The Bertz CT molecular complexity index is 1390. The van der Waals surface area contributed by atoms with Gasteiger partial charge in [-0.2, -0.15) is 41.8 Å². The number of aromatic amines is 1. The van der Waals surface area contributed by atoms with Gasteiger partial charge in [0.1, 0.15) is 23.1 Å². The van der Waals surface area contributed by atoms with Gasteiger partial charge in [0.2, 0.25) is 0 Å². The third kappa shape index (κ3) is 6.65. The molecule has 12 nitrogen and oxygen atoms in total. The van der Waals surface area contributed by atoms with Crippen molar-refractivity contribution >= 4 is 17.7 Å². The summed E-state index contributed by atoms with van der Waals surface area (Å²) in [7, 11) is 0. The van der Waals surface area contributed by atoms with E-state index in [1.54, 1.807) is 17.1 Å². The van der Waals surface area contributed by atoms with E-state index in [0.717, 1.165) is 29.9 Å². The van der Waals surface area contributed by atoms with Crippen molar-refractivity contribution in [3.8, 4) is 17.2 Å². The number of carboxylic acids is 1. The molecule has 3 aromatic heterocycles. The van der Waals surface area contributed by atoms with Crippen molar-refractivity contribution in [2.75, 3.05) is 18.0 Å². The van der Waals surface area contributed by atoms with E-state index in [4.69, 9.17) is 9.90 Å². The molecular weight excluding hydrogens is 552 g/mol. The molecular formula is C22H21F6N9O3. The number of hydrogen-bond acceptors (Lipinski definition) is 8. The number of halogens is 6. The van der Waals surface area contributed by atoms with Crippen molar-refractivity contribution in [1.29, 1.82) is 5.26 Å². The Morgan fingerprint density at radius 3 is 2.33 bits per heavy atom. The molecule has 0 saturated carbocycles. The van der Waals surface area contributed by atoms with Gasteiger partial charge in [-0.05, 0) is 13.8 Å². The van der Waals surface area contributed by atoms with Crippen LogP contribution in [0, 0.1) is 18.3 Å². The van der Waals surface area contributed by atoms with Crippen LogP contribution in [-0.2, 0) is 10.3 Å². The Hall–Kier alpha value is -4.69. The van der Waals surface area contributed by atoms with Crippen LogP contribution in [0.2, 0.25) is 0 Å². The summed E-state index contributed by atoms with van der Waals surface area (Å²) in [4.78, 5) is 30.8. The van der Waals surface area contributed by atoms with E-state index in [1.165, 1.54) is 6.20 Å². The third-order valence-corrected chi connectivity index (χ3v) is 5.86. The lowest BCUT2D eigenvalue weighted by Crippen LogP contribution is -2.63. The van der Waals surface area contributed by atoms with Crippen LogP contribution in [0.15, 0.2) is 31.0 Å². The molecule has 0 bridgehead atoms. The van der Waals surface area contributed by atoms with E-state index >= 15 is 0 Å². The monoisotopic (exact) mass is 573 g/mol. The number of alkyl halides is 6. The van der Waals surface area contributed by atoms with E-state index in [9.17, 15) is 36.4 Å². The topological polar surface area (TPSA) is 166 Å². The highest BCUT2D eigenvalue weighted by Gasteiger charge is 2.46. The fraction of sp³-hybridized carbons (Fsp3) is 0.409. The maximum atomic E-state index is 12.6. The summed E-state index contributed by atoms with van der Waals surface area (Å²) in [6, 6.07) is 0.202. The third-order valence-electron chi connectivity index (χ3n) is 5.86. The van der Waals surface area contributed by atoms with Crippen LogP contribution >= 0.6 is 0 Å².